The molecule has 3 aromatic carbocycles. The average molecular weight is 357 g/mol. The zero-order valence-electron chi connectivity index (χ0n) is 15.6. The van der Waals surface area contributed by atoms with Crippen molar-refractivity contribution in [3.63, 3.8) is 0 Å². The summed E-state index contributed by atoms with van der Waals surface area (Å²) in [6, 6.07) is 22.9. The Morgan fingerprint density at radius 1 is 0.778 bits per heavy atom. The summed E-state index contributed by atoms with van der Waals surface area (Å²) in [4.78, 5) is 12.6. The van der Waals surface area contributed by atoms with Gasteiger partial charge in [-0.15, -0.1) is 5.11 Å². The fourth-order valence-corrected chi connectivity index (χ4v) is 2.89. The monoisotopic (exact) mass is 357 g/mol. The maximum absolute atomic E-state index is 12.6. The van der Waals surface area contributed by atoms with E-state index in [-0.39, 0.29) is 5.91 Å². The zero-order valence-corrected chi connectivity index (χ0v) is 15.6. The van der Waals surface area contributed by atoms with Crippen molar-refractivity contribution in [2.45, 2.75) is 26.7 Å². The highest BCUT2D eigenvalue weighted by molar-refractivity contribution is 6.05. The van der Waals surface area contributed by atoms with Crippen molar-refractivity contribution in [2.75, 3.05) is 5.32 Å². The first-order valence-corrected chi connectivity index (χ1v) is 9.20. The van der Waals surface area contributed by atoms with E-state index < -0.39 is 0 Å². The standard InChI is InChI=1S/C23H23N3O/c1-3-17-11-8-9-15-20(17)25-26-22-18(4-2)14-10-16-21(22)24-23(27)19-12-6-5-7-13-19/h5-16H,3-4H2,1-2H3,(H,24,27). The topological polar surface area (TPSA) is 53.8 Å². The molecule has 0 atom stereocenters. The van der Waals surface area contributed by atoms with Gasteiger partial charge in [-0.3, -0.25) is 4.79 Å². The molecule has 3 rings (SSSR count). The van der Waals surface area contributed by atoms with Crippen LogP contribution in [0.25, 0.3) is 0 Å². The van der Waals surface area contributed by atoms with Crippen LogP contribution in [0.2, 0.25) is 0 Å². The summed E-state index contributed by atoms with van der Waals surface area (Å²) in [6.45, 7) is 4.16. The third-order valence-electron chi connectivity index (χ3n) is 4.41. The van der Waals surface area contributed by atoms with Crippen molar-refractivity contribution in [1.82, 2.24) is 0 Å². The molecule has 0 radical (unpaired) electrons. The molecule has 4 heteroatoms. The van der Waals surface area contributed by atoms with E-state index in [0.717, 1.165) is 29.7 Å². The number of hydrogen-bond acceptors (Lipinski definition) is 3. The minimum absolute atomic E-state index is 0.158. The minimum atomic E-state index is -0.158. The van der Waals surface area contributed by atoms with Crippen molar-refractivity contribution in [2.24, 2.45) is 10.2 Å². The van der Waals surface area contributed by atoms with E-state index in [9.17, 15) is 4.79 Å². The van der Waals surface area contributed by atoms with Crippen LogP contribution in [0.5, 0.6) is 0 Å². The molecule has 0 aromatic heterocycles. The van der Waals surface area contributed by atoms with E-state index in [2.05, 4.69) is 35.5 Å². The van der Waals surface area contributed by atoms with Crippen molar-refractivity contribution >= 4 is 23.0 Å². The predicted octanol–water partition coefficient (Wildman–Crippen LogP) is 6.48. The van der Waals surface area contributed by atoms with Crippen molar-refractivity contribution in [3.8, 4) is 0 Å². The number of anilines is 1. The van der Waals surface area contributed by atoms with Crippen LogP contribution in [0.15, 0.2) is 83.0 Å². The van der Waals surface area contributed by atoms with E-state index in [0.29, 0.717) is 16.9 Å². The lowest BCUT2D eigenvalue weighted by Crippen LogP contribution is -2.12. The summed E-state index contributed by atoms with van der Waals surface area (Å²) >= 11 is 0. The second kappa shape index (κ2) is 8.90. The highest BCUT2D eigenvalue weighted by Crippen LogP contribution is 2.32. The molecule has 3 aromatic rings. The largest absolute Gasteiger partial charge is 0.320 e. The predicted molar refractivity (Wildman–Crippen MR) is 110 cm³/mol. The van der Waals surface area contributed by atoms with Gasteiger partial charge in [0.25, 0.3) is 5.91 Å². The Balaban J connectivity index is 1.94. The Bertz CT molecular complexity index is 949. The second-order valence-corrected chi connectivity index (χ2v) is 6.17. The summed E-state index contributed by atoms with van der Waals surface area (Å²) in [5, 5.41) is 12.0. The summed E-state index contributed by atoms with van der Waals surface area (Å²) in [6.07, 6.45) is 1.70. The first-order chi connectivity index (χ1) is 13.2. The molecule has 4 nitrogen and oxygen atoms in total. The summed E-state index contributed by atoms with van der Waals surface area (Å²) < 4.78 is 0. The average Bonchev–Trinajstić information content (AvgIpc) is 2.73. The Kier molecular flexibility index (Phi) is 6.10. The van der Waals surface area contributed by atoms with Gasteiger partial charge in [0, 0.05) is 5.56 Å². The maximum atomic E-state index is 12.6. The number of hydrogen-bond donors (Lipinski definition) is 1. The maximum Gasteiger partial charge on any atom is 0.255 e. The first-order valence-electron chi connectivity index (χ1n) is 9.20. The van der Waals surface area contributed by atoms with Crippen LogP contribution in [0.3, 0.4) is 0 Å². The van der Waals surface area contributed by atoms with Crippen LogP contribution < -0.4 is 5.32 Å². The van der Waals surface area contributed by atoms with E-state index in [4.69, 9.17) is 0 Å². The van der Waals surface area contributed by atoms with Crippen molar-refractivity contribution < 1.29 is 4.79 Å². The number of carbonyl (C=O) groups excluding carboxylic acids is 1. The molecule has 0 bridgehead atoms. The molecule has 0 saturated carbocycles. The molecule has 0 spiro atoms. The number of amides is 1. The van der Waals surface area contributed by atoms with Crippen LogP contribution in [0, 0.1) is 0 Å². The highest BCUT2D eigenvalue weighted by Gasteiger charge is 2.12. The molecule has 0 heterocycles. The van der Waals surface area contributed by atoms with Crippen LogP contribution in [0.1, 0.15) is 35.3 Å². The molecule has 1 amide bonds. The molecule has 0 saturated heterocycles. The van der Waals surface area contributed by atoms with Gasteiger partial charge in [-0.2, -0.15) is 5.11 Å². The van der Waals surface area contributed by atoms with Gasteiger partial charge in [0.2, 0.25) is 0 Å². The van der Waals surface area contributed by atoms with Gasteiger partial charge < -0.3 is 5.32 Å². The number of azo groups is 1. The van der Waals surface area contributed by atoms with E-state index in [1.807, 2.05) is 54.6 Å². The minimum Gasteiger partial charge on any atom is -0.320 e. The number of nitrogens with one attached hydrogen (secondary N) is 1. The molecular weight excluding hydrogens is 334 g/mol. The number of carbonyl (C=O) groups is 1. The fourth-order valence-electron chi connectivity index (χ4n) is 2.89. The molecule has 0 aliphatic carbocycles. The summed E-state index contributed by atoms with van der Waals surface area (Å²) in [5.74, 6) is -0.158. The number of nitrogens with zero attached hydrogens (tertiary/aromatic N) is 2. The van der Waals surface area contributed by atoms with E-state index in [1.54, 1.807) is 12.1 Å². The molecule has 0 aliphatic rings. The van der Waals surface area contributed by atoms with Crippen LogP contribution in [-0.4, -0.2) is 5.91 Å². The quantitative estimate of drug-likeness (QED) is 0.504. The van der Waals surface area contributed by atoms with Crippen molar-refractivity contribution in [1.29, 1.82) is 0 Å². The smallest absolute Gasteiger partial charge is 0.255 e. The van der Waals surface area contributed by atoms with Gasteiger partial charge in [-0.1, -0.05) is 62.4 Å². The van der Waals surface area contributed by atoms with Gasteiger partial charge in [-0.05, 0) is 48.2 Å². The number of aryl methyl sites for hydroxylation is 2. The lowest BCUT2D eigenvalue weighted by molar-refractivity contribution is 0.102. The molecule has 27 heavy (non-hydrogen) atoms. The molecule has 0 unspecified atom stereocenters. The SMILES string of the molecule is CCc1ccccc1N=Nc1c(CC)cccc1NC(=O)c1ccccc1. The lowest BCUT2D eigenvalue weighted by atomic mass is 10.1. The Hall–Kier alpha value is -3.27. The van der Waals surface area contributed by atoms with Gasteiger partial charge in [-0.25, -0.2) is 0 Å². The normalized spacial score (nSPS) is 10.9. The molecule has 0 fully saturated rings. The number of benzene rings is 3. The van der Waals surface area contributed by atoms with Crippen LogP contribution >= 0.6 is 0 Å². The van der Waals surface area contributed by atoms with E-state index in [1.165, 1.54) is 0 Å². The first kappa shape index (κ1) is 18.5. The van der Waals surface area contributed by atoms with Crippen LogP contribution in [-0.2, 0) is 12.8 Å². The molecular formula is C23H23N3O. The molecule has 0 aliphatic heterocycles. The van der Waals surface area contributed by atoms with Gasteiger partial charge in [0.15, 0.2) is 0 Å². The summed E-state index contributed by atoms with van der Waals surface area (Å²) in [5.41, 5.74) is 5.02. The van der Waals surface area contributed by atoms with Gasteiger partial charge >= 0.3 is 0 Å². The van der Waals surface area contributed by atoms with Crippen LogP contribution in [0.4, 0.5) is 17.1 Å². The number of rotatable bonds is 6. The second-order valence-electron chi connectivity index (χ2n) is 6.17. The van der Waals surface area contributed by atoms with Gasteiger partial charge in [0.1, 0.15) is 5.69 Å². The highest BCUT2D eigenvalue weighted by atomic mass is 16.1. The summed E-state index contributed by atoms with van der Waals surface area (Å²) in [7, 11) is 0. The third kappa shape index (κ3) is 4.47. The Labute approximate surface area is 160 Å². The van der Waals surface area contributed by atoms with Gasteiger partial charge in [0.05, 0.1) is 11.4 Å². The molecule has 1 N–H and O–H groups in total. The zero-order chi connectivity index (χ0) is 19.1. The fraction of sp³-hybridized carbons (Fsp3) is 0.174. The van der Waals surface area contributed by atoms with E-state index >= 15 is 0 Å². The Morgan fingerprint density at radius 2 is 1.44 bits per heavy atom. The Morgan fingerprint density at radius 3 is 2.19 bits per heavy atom. The lowest BCUT2D eigenvalue weighted by Gasteiger charge is -2.11. The molecule has 136 valence electrons. The van der Waals surface area contributed by atoms with Crippen molar-refractivity contribution in [3.05, 3.63) is 89.5 Å². The third-order valence-corrected chi connectivity index (χ3v) is 4.41.